The van der Waals surface area contributed by atoms with E-state index in [4.69, 9.17) is 0 Å². The van der Waals surface area contributed by atoms with Gasteiger partial charge in [0.15, 0.2) is 5.17 Å². The molecule has 1 aromatic carbocycles. The Hall–Kier alpha value is -1.62. The average molecular weight is 250 g/mol. The van der Waals surface area contributed by atoms with E-state index in [1.54, 1.807) is 18.2 Å². The lowest BCUT2D eigenvalue weighted by molar-refractivity contribution is -0.115. The summed E-state index contributed by atoms with van der Waals surface area (Å²) in [6, 6.07) is 5.94. The monoisotopic (exact) mass is 250 g/mol. The smallest absolute Gasteiger partial charge is 0.249 e. The number of thioether (sulfide) groups is 1. The summed E-state index contributed by atoms with van der Waals surface area (Å²) in [7, 11) is 0. The molecule has 0 atom stereocenters. The summed E-state index contributed by atoms with van der Waals surface area (Å²) in [6.45, 7) is 0.752. The van der Waals surface area contributed by atoms with Gasteiger partial charge in [0.2, 0.25) is 5.91 Å². The van der Waals surface area contributed by atoms with E-state index in [9.17, 15) is 9.18 Å². The first-order valence-corrected chi connectivity index (χ1v) is 6.14. The van der Waals surface area contributed by atoms with E-state index in [0.29, 0.717) is 5.17 Å². The van der Waals surface area contributed by atoms with Crippen molar-refractivity contribution in [2.45, 2.75) is 0 Å². The van der Waals surface area contributed by atoms with Gasteiger partial charge in [0.25, 0.3) is 0 Å². The maximum atomic E-state index is 12.6. The van der Waals surface area contributed by atoms with Gasteiger partial charge in [-0.15, -0.1) is 0 Å². The van der Waals surface area contributed by atoms with Crippen LogP contribution in [0.5, 0.6) is 0 Å². The Morgan fingerprint density at radius 1 is 1.41 bits per heavy atom. The molecule has 1 aromatic rings. The highest BCUT2D eigenvalue weighted by Crippen LogP contribution is 2.09. The van der Waals surface area contributed by atoms with Gasteiger partial charge in [-0.1, -0.05) is 23.9 Å². The SMILES string of the molecule is O=C(/C=C/c1ccc(F)cc1)NC1=NCCS1. The van der Waals surface area contributed by atoms with Gasteiger partial charge < -0.3 is 5.32 Å². The van der Waals surface area contributed by atoms with Gasteiger partial charge in [-0.2, -0.15) is 0 Å². The van der Waals surface area contributed by atoms with Crippen LogP contribution in [0, 0.1) is 5.82 Å². The predicted molar refractivity (Wildman–Crippen MR) is 68.3 cm³/mol. The molecule has 2 rings (SSSR count). The van der Waals surface area contributed by atoms with Gasteiger partial charge >= 0.3 is 0 Å². The summed E-state index contributed by atoms with van der Waals surface area (Å²) in [4.78, 5) is 15.6. The molecule has 0 radical (unpaired) electrons. The fraction of sp³-hybridized carbons (Fsp3) is 0.167. The Labute approximate surface area is 103 Å². The minimum atomic E-state index is -0.289. The van der Waals surface area contributed by atoms with Crippen LogP contribution >= 0.6 is 11.8 Å². The van der Waals surface area contributed by atoms with Crippen LogP contribution in [0.2, 0.25) is 0 Å². The second kappa shape index (κ2) is 5.63. The Kier molecular flexibility index (Phi) is 3.93. The van der Waals surface area contributed by atoms with Gasteiger partial charge in [-0.3, -0.25) is 9.79 Å². The second-order valence-corrected chi connectivity index (χ2v) is 4.49. The summed E-state index contributed by atoms with van der Waals surface area (Å²) in [5.74, 6) is 0.405. The van der Waals surface area contributed by atoms with Crippen LogP contribution in [0.25, 0.3) is 6.08 Å². The number of amides is 1. The molecule has 0 spiro atoms. The van der Waals surface area contributed by atoms with Crippen LogP contribution in [-0.2, 0) is 4.79 Å². The zero-order valence-corrected chi connectivity index (χ0v) is 9.84. The molecule has 0 unspecified atom stereocenters. The van der Waals surface area contributed by atoms with E-state index in [-0.39, 0.29) is 11.7 Å². The van der Waals surface area contributed by atoms with E-state index in [0.717, 1.165) is 17.9 Å². The highest BCUT2D eigenvalue weighted by molar-refractivity contribution is 8.14. The molecule has 5 heteroatoms. The normalized spacial score (nSPS) is 15.0. The number of halogens is 1. The van der Waals surface area contributed by atoms with Crippen LogP contribution in [0.3, 0.4) is 0 Å². The quantitative estimate of drug-likeness (QED) is 0.816. The van der Waals surface area contributed by atoms with Crippen molar-refractivity contribution in [2.75, 3.05) is 12.3 Å². The van der Waals surface area contributed by atoms with Gasteiger partial charge in [0, 0.05) is 11.8 Å². The first-order valence-electron chi connectivity index (χ1n) is 5.16. The number of nitrogens with one attached hydrogen (secondary N) is 1. The molecule has 1 aliphatic heterocycles. The Bertz CT molecular complexity index is 468. The summed E-state index contributed by atoms with van der Waals surface area (Å²) in [5, 5.41) is 3.34. The number of amidine groups is 1. The van der Waals surface area contributed by atoms with Crippen molar-refractivity contribution in [1.82, 2.24) is 5.32 Å². The molecule has 0 aliphatic carbocycles. The number of aliphatic imine (C=N–C) groups is 1. The standard InChI is InChI=1S/C12H11FN2OS/c13-10-4-1-9(2-5-10)3-6-11(16)15-12-14-7-8-17-12/h1-6H,7-8H2,(H,14,15,16)/b6-3+. The molecular formula is C12H11FN2OS. The lowest BCUT2D eigenvalue weighted by Crippen LogP contribution is -2.25. The third-order valence-electron chi connectivity index (χ3n) is 2.11. The van der Waals surface area contributed by atoms with Gasteiger partial charge in [0.05, 0.1) is 6.54 Å². The number of carbonyl (C=O) groups excluding carboxylic acids is 1. The first kappa shape index (κ1) is 11.9. The molecule has 88 valence electrons. The van der Waals surface area contributed by atoms with Gasteiger partial charge in [-0.05, 0) is 23.8 Å². The second-order valence-electron chi connectivity index (χ2n) is 3.41. The topological polar surface area (TPSA) is 41.5 Å². The van der Waals surface area contributed by atoms with E-state index in [2.05, 4.69) is 10.3 Å². The van der Waals surface area contributed by atoms with Crippen LogP contribution in [0.15, 0.2) is 35.3 Å². The molecule has 1 heterocycles. The molecule has 1 aliphatic rings. The fourth-order valence-electron chi connectivity index (χ4n) is 1.30. The van der Waals surface area contributed by atoms with E-state index >= 15 is 0 Å². The van der Waals surface area contributed by atoms with Crippen molar-refractivity contribution < 1.29 is 9.18 Å². The third-order valence-corrected chi connectivity index (χ3v) is 3.00. The Balaban J connectivity index is 1.91. The summed E-state index contributed by atoms with van der Waals surface area (Å²) < 4.78 is 12.6. The number of rotatable bonds is 2. The molecule has 17 heavy (non-hydrogen) atoms. The van der Waals surface area contributed by atoms with Crippen LogP contribution in [0.4, 0.5) is 4.39 Å². The number of hydrogen-bond donors (Lipinski definition) is 1. The summed E-state index contributed by atoms with van der Waals surface area (Å²) >= 11 is 1.53. The maximum absolute atomic E-state index is 12.6. The third kappa shape index (κ3) is 3.71. The molecular weight excluding hydrogens is 239 g/mol. The highest BCUT2D eigenvalue weighted by Gasteiger charge is 2.08. The van der Waals surface area contributed by atoms with Gasteiger partial charge in [-0.25, -0.2) is 4.39 Å². The molecule has 0 fully saturated rings. The fourth-order valence-corrected chi connectivity index (χ4v) is 2.03. The highest BCUT2D eigenvalue weighted by atomic mass is 32.2. The van der Waals surface area contributed by atoms with E-state index in [1.807, 2.05) is 0 Å². The Morgan fingerprint density at radius 3 is 2.82 bits per heavy atom. The lowest BCUT2D eigenvalue weighted by atomic mass is 10.2. The molecule has 1 amide bonds. The largest absolute Gasteiger partial charge is 0.302 e. The molecule has 3 nitrogen and oxygen atoms in total. The Morgan fingerprint density at radius 2 is 2.18 bits per heavy atom. The van der Waals surface area contributed by atoms with Crippen LogP contribution in [-0.4, -0.2) is 23.4 Å². The number of nitrogens with zero attached hydrogens (tertiary/aromatic N) is 1. The number of hydrogen-bond acceptors (Lipinski definition) is 3. The molecule has 0 bridgehead atoms. The first-order chi connectivity index (χ1) is 8.24. The van der Waals surface area contributed by atoms with E-state index < -0.39 is 0 Å². The van der Waals surface area contributed by atoms with Crippen molar-refractivity contribution in [3.8, 4) is 0 Å². The lowest BCUT2D eigenvalue weighted by Gasteiger charge is -1.98. The summed E-state index contributed by atoms with van der Waals surface area (Å²) in [6.07, 6.45) is 3.05. The molecule has 0 saturated carbocycles. The van der Waals surface area contributed by atoms with Crippen LogP contribution in [0.1, 0.15) is 5.56 Å². The van der Waals surface area contributed by atoms with Crippen molar-refractivity contribution in [2.24, 2.45) is 4.99 Å². The zero-order chi connectivity index (χ0) is 12.1. The van der Waals surface area contributed by atoms with Crippen LogP contribution < -0.4 is 5.32 Å². The van der Waals surface area contributed by atoms with E-state index in [1.165, 1.54) is 30.0 Å². The predicted octanol–water partition coefficient (Wildman–Crippen LogP) is 2.06. The van der Waals surface area contributed by atoms with Crippen molar-refractivity contribution in [3.63, 3.8) is 0 Å². The van der Waals surface area contributed by atoms with Crippen molar-refractivity contribution in [1.29, 1.82) is 0 Å². The molecule has 1 N–H and O–H groups in total. The average Bonchev–Trinajstić information content (AvgIpc) is 2.81. The zero-order valence-electron chi connectivity index (χ0n) is 9.02. The number of carbonyl (C=O) groups is 1. The van der Waals surface area contributed by atoms with Crippen molar-refractivity contribution >= 4 is 28.9 Å². The number of benzene rings is 1. The summed E-state index contributed by atoms with van der Waals surface area (Å²) in [5.41, 5.74) is 0.780. The van der Waals surface area contributed by atoms with Crippen molar-refractivity contribution in [3.05, 3.63) is 41.7 Å². The maximum Gasteiger partial charge on any atom is 0.249 e. The van der Waals surface area contributed by atoms with Gasteiger partial charge in [0.1, 0.15) is 5.82 Å². The minimum Gasteiger partial charge on any atom is -0.302 e. The molecule has 0 saturated heterocycles. The minimum absolute atomic E-state index is 0.220. The molecule has 0 aromatic heterocycles.